The number of benzene rings is 2. The summed E-state index contributed by atoms with van der Waals surface area (Å²) >= 11 is 0. The third-order valence-electron chi connectivity index (χ3n) is 6.44. The predicted molar refractivity (Wildman–Crippen MR) is 150 cm³/mol. The zero-order chi connectivity index (χ0) is 28.0. The Morgan fingerprint density at radius 1 is 1.08 bits per heavy atom. The molecule has 208 valence electrons. The number of sulfonamides is 1. The molecule has 0 aliphatic carbocycles. The maximum absolute atomic E-state index is 13.2. The van der Waals surface area contributed by atoms with Crippen LogP contribution in [0.15, 0.2) is 52.2 Å². The van der Waals surface area contributed by atoms with Crippen molar-refractivity contribution >= 4 is 15.5 Å². The van der Waals surface area contributed by atoms with Crippen LogP contribution in [0.25, 0.3) is 16.9 Å². The molecule has 3 N–H and O–H groups in total. The Morgan fingerprint density at radius 3 is 2.62 bits per heavy atom. The Labute approximate surface area is 228 Å². The van der Waals surface area contributed by atoms with Crippen molar-refractivity contribution < 1.29 is 18.3 Å². The first-order valence-corrected chi connectivity index (χ1v) is 14.7. The normalized spacial score (nSPS) is 11.8. The van der Waals surface area contributed by atoms with Crippen LogP contribution >= 0.6 is 0 Å². The highest BCUT2D eigenvalue weighted by atomic mass is 32.2. The van der Waals surface area contributed by atoms with Gasteiger partial charge in [-0.1, -0.05) is 44.7 Å². The van der Waals surface area contributed by atoms with Crippen LogP contribution in [0.5, 0.6) is 11.5 Å². The molecule has 0 aliphatic heterocycles. The van der Waals surface area contributed by atoms with Crippen molar-refractivity contribution in [1.82, 2.24) is 24.3 Å². The van der Waals surface area contributed by atoms with Crippen molar-refractivity contribution in [2.45, 2.75) is 70.7 Å². The van der Waals surface area contributed by atoms with Crippen molar-refractivity contribution in [2.75, 3.05) is 6.61 Å². The summed E-state index contributed by atoms with van der Waals surface area (Å²) in [6.07, 6.45) is 6.18. The Balaban J connectivity index is 1.70. The van der Waals surface area contributed by atoms with Crippen LogP contribution in [-0.4, -0.2) is 39.7 Å². The van der Waals surface area contributed by atoms with Gasteiger partial charge in [-0.25, -0.2) is 22.6 Å². The quantitative estimate of drug-likeness (QED) is 0.207. The molecule has 4 aromatic rings. The summed E-state index contributed by atoms with van der Waals surface area (Å²) < 4.78 is 36.2. The lowest BCUT2D eigenvalue weighted by Crippen LogP contribution is -2.23. The summed E-state index contributed by atoms with van der Waals surface area (Å²) in [5.41, 5.74) is 1.56. The molecule has 0 unspecified atom stereocenters. The van der Waals surface area contributed by atoms with Gasteiger partial charge in [-0.05, 0) is 56.2 Å². The molecule has 11 heteroatoms. The minimum Gasteiger partial charge on any atom is -0.508 e. The fraction of sp³-hybridized carbons (Fsp3) is 0.393. The predicted octanol–water partition coefficient (Wildman–Crippen LogP) is 4.49. The first kappa shape index (κ1) is 28.3. The minimum absolute atomic E-state index is 0.00372. The summed E-state index contributed by atoms with van der Waals surface area (Å²) in [7, 11) is -3.94. The molecule has 2 heterocycles. The smallest absolute Gasteiger partial charge is 0.277 e. The number of nitrogens with zero attached hydrogens (tertiary/aromatic N) is 3. The van der Waals surface area contributed by atoms with E-state index in [2.05, 4.69) is 26.7 Å². The van der Waals surface area contributed by atoms with Crippen LogP contribution in [-0.2, 0) is 23.0 Å². The van der Waals surface area contributed by atoms with Crippen molar-refractivity contribution in [1.29, 1.82) is 0 Å². The molecular formula is C28H35N5O5S. The van der Waals surface area contributed by atoms with Crippen LogP contribution < -0.4 is 15.0 Å². The molecule has 0 spiro atoms. The van der Waals surface area contributed by atoms with Crippen LogP contribution in [0.3, 0.4) is 0 Å². The van der Waals surface area contributed by atoms with Crippen LogP contribution in [0.1, 0.15) is 63.0 Å². The molecule has 0 saturated heterocycles. The third kappa shape index (κ3) is 6.66. The number of aromatic hydroxyl groups is 1. The summed E-state index contributed by atoms with van der Waals surface area (Å²) in [4.78, 5) is 20.5. The number of nitrogens with one attached hydrogen (secondary N) is 2. The molecule has 2 aromatic carbocycles. The van der Waals surface area contributed by atoms with Gasteiger partial charge in [-0.3, -0.25) is 4.79 Å². The standard InChI is InChI=1S/C28H35N5O5S/c1-4-6-7-8-9-13-25-30-19(3)26-28(35)31-27(32-33(25)26)23-17-22(14-15-24(23)38-5-2)39(36,37)29-18-20-11-10-12-21(34)16-20/h10-12,14-17,29,34H,4-9,13,18H2,1-3H3,(H,31,32,35). The molecular weight excluding hydrogens is 518 g/mol. The fourth-order valence-electron chi connectivity index (χ4n) is 4.48. The molecule has 0 bridgehead atoms. The van der Waals surface area contributed by atoms with E-state index < -0.39 is 10.0 Å². The first-order chi connectivity index (χ1) is 18.7. The fourth-order valence-corrected chi connectivity index (χ4v) is 5.52. The Bertz CT molecular complexity index is 1610. The average molecular weight is 554 g/mol. The van der Waals surface area contributed by atoms with Crippen LogP contribution in [0.2, 0.25) is 0 Å². The molecule has 0 saturated carbocycles. The van der Waals surface area contributed by atoms with E-state index in [9.17, 15) is 18.3 Å². The number of fused-ring (bicyclic) bond motifs is 1. The van der Waals surface area contributed by atoms with Gasteiger partial charge in [-0.2, -0.15) is 0 Å². The van der Waals surface area contributed by atoms with E-state index in [0.29, 0.717) is 46.9 Å². The van der Waals surface area contributed by atoms with E-state index in [1.54, 1.807) is 29.6 Å². The Kier molecular flexibility index (Phi) is 9.03. The van der Waals surface area contributed by atoms with E-state index in [-0.39, 0.29) is 28.6 Å². The number of aromatic nitrogens is 4. The second kappa shape index (κ2) is 12.4. The van der Waals surface area contributed by atoms with Crippen molar-refractivity contribution in [3.05, 3.63) is 69.9 Å². The molecule has 0 aliphatic rings. The number of hydrogen-bond acceptors (Lipinski definition) is 7. The summed E-state index contributed by atoms with van der Waals surface area (Å²) in [6.45, 7) is 6.11. The van der Waals surface area contributed by atoms with Gasteiger partial charge in [0.1, 0.15) is 17.3 Å². The number of unbranched alkanes of at least 4 members (excludes halogenated alkanes) is 4. The monoisotopic (exact) mass is 553 g/mol. The molecule has 39 heavy (non-hydrogen) atoms. The van der Waals surface area contributed by atoms with Gasteiger partial charge in [0.05, 0.1) is 22.8 Å². The van der Waals surface area contributed by atoms with Gasteiger partial charge in [0.2, 0.25) is 10.0 Å². The maximum atomic E-state index is 13.2. The maximum Gasteiger partial charge on any atom is 0.277 e. The van der Waals surface area contributed by atoms with E-state index in [4.69, 9.17) is 4.74 Å². The highest BCUT2D eigenvalue weighted by molar-refractivity contribution is 7.89. The summed E-state index contributed by atoms with van der Waals surface area (Å²) in [5.74, 6) is 1.33. The first-order valence-electron chi connectivity index (χ1n) is 13.3. The number of H-pyrrole nitrogens is 1. The molecule has 4 rings (SSSR count). The molecule has 0 fully saturated rings. The summed E-state index contributed by atoms with van der Waals surface area (Å²) in [5, 5.41) is 14.4. The van der Waals surface area contributed by atoms with Crippen LogP contribution in [0, 0.1) is 6.92 Å². The third-order valence-corrected chi connectivity index (χ3v) is 7.84. The van der Waals surface area contributed by atoms with E-state index in [1.807, 2.05) is 6.92 Å². The van der Waals surface area contributed by atoms with Gasteiger partial charge in [0, 0.05) is 13.0 Å². The van der Waals surface area contributed by atoms with Crippen molar-refractivity contribution in [3.63, 3.8) is 0 Å². The minimum atomic E-state index is -3.94. The number of ether oxygens (including phenoxy) is 1. The lowest BCUT2D eigenvalue weighted by atomic mass is 10.1. The van der Waals surface area contributed by atoms with Crippen molar-refractivity contribution in [3.8, 4) is 22.9 Å². The van der Waals surface area contributed by atoms with Gasteiger partial charge in [0.15, 0.2) is 11.3 Å². The van der Waals surface area contributed by atoms with Crippen LogP contribution in [0.4, 0.5) is 0 Å². The van der Waals surface area contributed by atoms with E-state index in [1.165, 1.54) is 30.7 Å². The largest absolute Gasteiger partial charge is 0.508 e. The Hall–Kier alpha value is -3.70. The number of hydrogen-bond donors (Lipinski definition) is 3. The Morgan fingerprint density at radius 2 is 1.87 bits per heavy atom. The lowest BCUT2D eigenvalue weighted by Gasteiger charge is -2.13. The number of aromatic amines is 1. The SMILES string of the molecule is CCCCCCCc1nc(C)c2c(=O)[nH]c(-c3cc(S(=O)(=O)NCc4cccc(O)c4)ccc3OCC)nn12. The topological polar surface area (TPSA) is 139 Å². The number of phenolic OH excluding ortho intramolecular Hbond substituents is 1. The zero-order valence-electron chi connectivity index (χ0n) is 22.5. The van der Waals surface area contributed by atoms with Gasteiger partial charge in [0.25, 0.3) is 5.56 Å². The van der Waals surface area contributed by atoms with E-state index >= 15 is 0 Å². The highest BCUT2D eigenvalue weighted by Gasteiger charge is 2.21. The van der Waals surface area contributed by atoms with Gasteiger partial charge in [-0.15, -0.1) is 5.10 Å². The number of imidazole rings is 1. The van der Waals surface area contributed by atoms with Gasteiger partial charge < -0.3 is 14.8 Å². The molecule has 0 radical (unpaired) electrons. The lowest BCUT2D eigenvalue weighted by molar-refractivity contribution is 0.341. The average Bonchev–Trinajstić information content (AvgIpc) is 3.23. The molecule has 0 amide bonds. The van der Waals surface area contributed by atoms with Crippen molar-refractivity contribution in [2.24, 2.45) is 0 Å². The number of aryl methyl sites for hydroxylation is 2. The zero-order valence-corrected chi connectivity index (χ0v) is 23.3. The second-order valence-corrected chi connectivity index (χ2v) is 11.2. The highest BCUT2D eigenvalue weighted by Crippen LogP contribution is 2.30. The second-order valence-electron chi connectivity index (χ2n) is 9.43. The number of phenols is 1. The van der Waals surface area contributed by atoms with E-state index in [0.717, 1.165) is 25.7 Å². The summed E-state index contributed by atoms with van der Waals surface area (Å²) in [6, 6.07) is 10.8. The number of rotatable bonds is 13. The molecule has 0 atom stereocenters. The molecule has 2 aromatic heterocycles. The molecule has 10 nitrogen and oxygen atoms in total. The van der Waals surface area contributed by atoms with Gasteiger partial charge >= 0.3 is 0 Å².